The fourth-order valence-corrected chi connectivity index (χ4v) is 3.10. The van der Waals surface area contributed by atoms with Gasteiger partial charge < -0.3 is 4.40 Å². The monoisotopic (exact) mass is 353 g/mol. The molecule has 0 aliphatic rings. The van der Waals surface area contributed by atoms with Crippen LogP contribution in [0.1, 0.15) is 16.2 Å². The van der Waals surface area contributed by atoms with Gasteiger partial charge in [-0.05, 0) is 31.2 Å². The molecule has 0 fully saturated rings. The average Bonchev–Trinajstić information content (AvgIpc) is 3.24. The van der Waals surface area contributed by atoms with Crippen molar-refractivity contribution in [1.82, 2.24) is 23.6 Å². The maximum absolute atomic E-state index is 13.3. The topological polar surface area (TPSA) is 65.1 Å². The minimum Gasteiger partial charge on any atom is -0.306 e. The van der Waals surface area contributed by atoms with Gasteiger partial charge in [0.15, 0.2) is 18.6 Å². The molecule has 0 saturated carbocycles. The number of aldehydes is 1. The molecule has 0 saturated heterocycles. The number of fused-ring (bicyclic) bond motifs is 1. The Morgan fingerprint density at radius 1 is 1.24 bits per heavy atom. The lowest BCUT2D eigenvalue weighted by molar-refractivity contribution is 0.111. The van der Waals surface area contributed by atoms with Crippen molar-refractivity contribution >= 4 is 24.3 Å². The van der Waals surface area contributed by atoms with Gasteiger partial charge >= 0.3 is 0 Å². The van der Waals surface area contributed by atoms with Gasteiger partial charge in [-0.15, -0.1) is 3.89 Å². The highest BCUT2D eigenvalue weighted by Crippen LogP contribution is 2.35. The van der Waals surface area contributed by atoms with Crippen LogP contribution in [-0.4, -0.2) is 29.8 Å². The predicted molar refractivity (Wildman–Crippen MR) is 93.9 cm³/mol. The van der Waals surface area contributed by atoms with Crippen LogP contribution in [0.2, 0.25) is 0 Å². The van der Waals surface area contributed by atoms with Gasteiger partial charge in [-0.25, -0.2) is 4.98 Å². The molecular formula is C17H12FN5OS. The van der Waals surface area contributed by atoms with Gasteiger partial charge in [0.1, 0.15) is 17.0 Å². The van der Waals surface area contributed by atoms with E-state index >= 15 is 0 Å². The van der Waals surface area contributed by atoms with Crippen LogP contribution in [0.3, 0.4) is 0 Å². The van der Waals surface area contributed by atoms with Gasteiger partial charge in [-0.1, -0.05) is 6.07 Å². The molecular weight excluding hydrogens is 341 g/mol. The van der Waals surface area contributed by atoms with Crippen molar-refractivity contribution in [3.05, 3.63) is 60.3 Å². The summed E-state index contributed by atoms with van der Waals surface area (Å²) >= 11 is -0.119. The number of pyridine rings is 2. The van der Waals surface area contributed by atoms with Gasteiger partial charge in [-0.3, -0.25) is 9.78 Å². The minimum atomic E-state index is -0.119. The molecule has 6 nitrogen and oxygen atoms in total. The highest BCUT2D eigenvalue weighted by Gasteiger charge is 2.22. The van der Waals surface area contributed by atoms with Gasteiger partial charge in [0.25, 0.3) is 0 Å². The Kier molecular flexibility index (Phi) is 3.81. The first-order valence-electron chi connectivity index (χ1n) is 7.45. The van der Waals surface area contributed by atoms with Crippen molar-refractivity contribution in [3.63, 3.8) is 0 Å². The molecule has 0 aliphatic heterocycles. The summed E-state index contributed by atoms with van der Waals surface area (Å²) in [4.78, 5) is 20.3. The summed E-state index contributed by atoms with van der Waals surface area (Å²) in [6.07, 6.45) is 5.92. The van der Waals surface area contributed by atoms with E-state index in [2.05, 4.69) is 15.1 Å². The first kappa shape index (κ1) is 15.5. The number of halogens is 1. The van der Waals surface area contributed by atoms with Crippen molar-refractivity contribution in [1.29, 1.82) is 0 Å². The number of carbonyl (C=O) groups excluding carboxylic acids is 1. The van der Waals surface area contributed by atoms with E-state index in [1.165, 1.54) is 0 Å². The summed E-state index contributed by atoms with van der Waals surface area (Å²) in [7, 11) is 0. The highest BCUT2D eigenvalue weighted by atomic mass is 32.2. The lowest BCUT2D eigenvalue weighted by Gasteiger charge is -2.05. The largest absolute Gasteiger partial charge is 0.306 e. The van der Waals surface area contributed by atoms with E-state index in [1.807, 2.05) is 41.8 Å². The summed E-state index contributed by atoms with van der Waals surface area (Å²) in [6, 6.07) is 9.16. The molecule has 124 valence electrons. The van der Waals surface area contributed by atoms with Crippen LogP contribution in [0.25, 0.3) is 28.2 Å². The van der Waals surface area contributed by atoms with E-state index in [0.717, 1.165) is 21.0 Å². The lowest BCUT2D eigenvalue weighted by atomic mass is 10.0. The Labute approximate surface area is 146 Å². The second-order valence-electron chi connectivity index (χ2n) is 5.44. The van der Waals surface area contributed by atoms with Crippen LogP contribution < -0.4 is 0 Å². The Morgan fingerprint density at radius 3 is 2.88 bits per heavy atom. The number of aromatic nitrogens is 5. The molecule has 0 atom stereocenters. The Hall–Kier alpha value is -3.00. The van der Waals surface area contributed by atoms with Crippen molar-refractivity contribution in [3.8, 4) is 22.5 Å². The smallest absolute Gasteiger partial charge is 0.188 e. The van der Waals surface area contributed by atoms with E-state index < -0.39 is 0 Å². The fourth-order valence-electron chi connectivity index (χ4n) is 2.77. The summed E-state index contributed by atoms with van der Waals surface area (Å²) in [5.41, 5.74) is 4.03. The second kappa shape index (κ2) is 6.14. The molecule has 0 radical (unpaired) electrons. The van der Waals surface area contributed by atoms with Gasteiger partial charge in [0, 0.05) is 35.4 Å². The molecule has 0 aliphatic carbocycles. The van der Waals surface area contributed by atoms with Crippen molar-refractivity contribution in [2.75, 3.05) is 0 Å². The van der Waals surface area contributed by atoms with E-state index in [1.54, 1.807) is 18.5 Å². The quantitative estimate of drug-likeness (QED) is 0.523. The van der Waals surface area contributed by atoms with Crippen LogP contribution in [0.15, 0.2) is 48.9 Å². The number of carbonyl (C=O) groups is 1. The number of aryl methyl sites for hydroxylation is 1. The molecule has 0 bridgehead atoms. The van der Waals surface area contributed by atoms with Crippen LogP contribution in [0.5, 0.6) is 0 Å². The van der Waals surface area contributed by atoms with Gasteiger partial charge in [0.05, 0.1) is 5.69 Å². The zero-order valence-electron chi connectivity index (χ0n) is 13.1. The molecule has 0 spiro atoms. The summed E-state index contributed by atoms with van der Waals surface area (Å²) in [5.74, 6) is 0. The highest BCUT2D eigenvalue weighted by molar-refractivity contribution is 7.92. The third-order valence-corrected chi connectivity index (χ3v) is 4.28. The Bertz CT molecular complexity index is 1090. The molecule has 0 N–H and O–H groups in total. The van der Waals surface area contributed by atoms with E-state index in [9.17, 15) is 8.68 Å². The fraction of sp³-hybridized carbons (Fsp3) is 0.0588. The summed E-state index contributed by atoms with van der Waals surface area (Å²) < 4.78 is 16.1. The number of rotatable bonds is 4. The van der Waals surface area contributed by atoms with E-state index in [0.29, 0.717) is 23.2 Å². The standard InChI is InChI=1S/C17H12FN5OS/c1-11-3-2-4-13(20-11)17-16(14(10-24)23(21-17)25-18)12-5-6-15-19-7-8-22(15)9-12/h2-10H,1H3. The van der Waals surface area contributed by atoms with Gasteiger partial charge in [-0.2, -0.15) is 9.19 Å². The Morgan fingerprint density at radius 2 is 2.12 bits per heavy atom. The molecule has 4 aromatic rings. The predicted octanol–water partition coefficient (Wildman–Crippen LogP) is 3.76. The van der Waals surface area contributed by atoms with Crippen molar-refractivity contribution in [2.45, 2.75) is 6.92 Å². The third-order valence-electron chi connectivity index (χ3n) is 3.88. The molecule has 0 amide bonds. The molecule has 0 aromatic carbocycles. The zero-order chi connectivity index (χ0) is 17.4. The SMILES string of the molecule is Cc1cccc(-c2nn(SF)c(C=O)c2-c2ccc3nccn3c2)n1. The van der Waals surface area contributed by atoms with Gasteiger partial charge in [0.2, 0.25) is 0 Å². The van der Waals surface area contributed by atoms with Crippen LogP contribution in [0.4, 0.5) is 3.89 Å². The van der Waals surface area contributed by atoms with E-state index in [4.69, 9.17) is 0 Å². The van der Waals surface area contributed by atoms with Crippen molar-refractivity contribution in [2.24, 2.45) is 0 Å². The van der Waals surface area contributed by atoms with Crippen molar-refractivity contribution < 1.29 is 8.68 Å². The average molecular weight is 353 g/mol. The van der Waals surface area contributed by atoms with Crippen LogP contribution in [0, 0.1) is 6.92 Å². The number of hydrogen-bond donors (Lipinski definition) is 0. The first-order chi connectivity index (χ1) is 12.2. The molecule has 4 aromatic heterocycles. The molecule has 4 heterocycles. The maximum Gasteiger partial charge on any atom is 0.188 e. The summed E-state index contributed by atoms with van der Waals surface area (Å²) in [5, 5.41) is 4.24. The number of hydrogen-bond acceptors (Lipinski definition) is 5. The normalized spacial score (nSPS) is 11.1. The maximum atomic E-state index is 13.3. The minimum absolute atomic E-state index is 0.119. The molecule has 25 heavy (non-hydrogen) atoms. The zero-order valence-corrected chi connectivity index (χ0v) is 13.9. The molecule has 4 rings (SSSR count). The summed E-state index contributed by atoms with van der Waals surface area (Å²) in [6.45, 7) is 1.86. The van der Waals surface area contributed by atoms with Crippen LogP contribution >= 0.6 is 12.3 Å². The number of nitrogens with zero attached hydrogens (tertiary/aromatic N) is 5. The Balaban J connectivity index is 2.01. The third kappa shape index (κ3) is 2.60. The number of imidazole rings is 1. The molecule has 0 unspecified atom stereocenters. The second-order valence-corrected chi connectivity index (χ2v) is 5.93. The lowest BCUT2D eigenvalue weighted by Crippen LogP contribution is -1.94. The van der Waals surface area contributed by atoms with E-state index in [-0.39, 0.29) is 18.0 Å². The molecule has 8 heteroatoms. The first-order valence-corrected chi connectivity index (χ1v) is 8.13. The van der Waals surface area contributed by atoms with Crippen LogP contribution in [-0.2, 0) is 0 Å².